The summed E-state index contributed by atoms with van der Waals surface area (Å²) in [6, 6.07) is 0. The summed E-state index contributed by atoms with van der Waals surface area (Å²) in [6.45, 7) is 7.79. The molecule has 0 aromatic rings. The van der Waals surface area contributed by atoms with Gasteiger partial charge in [-0.3, -0.25) is 0 Å². The molecule has 0 radical (unpaired) electrons. The standard InChI is InChI=1S/C14H26F2Si/c1-5-6-11-7-9-12(10-8-11)13(15)14(16)17(2,3)4/h11-12H,5-10H2,1-4H3/t11-,12-. The van der Waals surface area contributed by atoms with Crippen LogP contribution in [0.3, 0.4) is 0 Å². The van der Waals surface area contributed by atoms with Gasteiger partial charge >= 0.3 is 0 Å². The van der Waals surface area contributed by atoms with Crippen molar-refractivity contribution < 1.29 is 8.78 Å². The summed E-state index contributed by atoms with van der Waals surface area (Å²) in [6.07, 6.45) is 6.28. The van der Waals surface area contributed by atoms with E-state index in [9.17, 15) is 8.78 Å². The molecule has 0 spiro atoms. The first-order chi connectivity index (χ1) is 7.86. The number of halogens is 2. The van der Waals surface area contributed by atoms with E-state index in [1.165, 1.54) is 12.8 Å². The Morgan fingerprint density at radius 2 is 1.59 bits per heavy atom. The molecular formula is C14H26F2Si. The second-order valence-corrected chi connectivity index (χ2v) is 11.4. The van der Waals surface area contributed by atoms with Gasteiger partial charge in [0.15, 0.2) is 0 Å². The molecule has 1 aliphatic rings. The molecule has 0 aliphatic heterocycles. The summed E-state index contributed by atoms with van der Waals surface area (Å²) in [5.74, 6) is 0.202. The van der Waals surface area contributed by atoms with Gasteiger partial charge in [-0.2, -0.15) is 0 Å². The number of allylic oxidation sites excluding steroid dienone is 1. The van der Waals surface area contributed by atoms with Crippen LogP contribution in [0.5, 0.6) is 0 Å². The molecule has 0 saturated heterocycles. The average Bonchev–Trinajstić information content (AvgIpc) is 2.27. The Hall–Kier alpha value is -0.183. The number of hydrogen-bond acceptors (Lipinski definition) is 0. The van der Waals surface area contributed by atoms with Gasteiger partial charge in [0.2, 0.25) is 0 Å². The lowest BCUT2D eigenvalue weighted by Crippen LogP contribution is -2.25. The molecule has 0 bridgehead atoms. The third-order valence-corrected chi connectivity index (χ3v) is 5.33. The zero-order valence-electron chi connectivity index (χ0n) is 11.7. The van der Waals surface area contributed by atoms with Gasteiger partial charge in [-0.1, -0.05) is 39.4 Å². The second kappa shape index (κ2) is 6.12. The van der Waals surface area contributed by atoms with Crippen LogP contribution in [0.25, 0.3) is 0 Å². The summed E-state index contributed by atoms with van der Waals surface area (Å²) in [5.41, 5.74) is -0.406. The Morgan fingerprint density at radius 3 is 2.00 bits per heavy atom. The Bertz CT molecular complexity index is 270. The van der Waals surface area contributed by atoms with E-state index >= 15 is 0 Å². The number of hydrogen-bond donors (Lipinski definition) is 0. The summed E-state index contributed by atoms with van der Waals surface area (Å²) in [5, 5.41) is 0. The molecule has 3 heteroatoms. The first kappa shape index (κ1) is 14.9. The van der Waals surface area contributed by atoms with E-state index in [2.05, 4.69) is 6.92 Å². The predicted molar refractivity (Wildman–Crippen MR) is 72.9 cm³/mol. The van der Waals surface area contributed by atoms with Gasteiger partial charge < -0.3 is 0 Å². The molecule has 0 aromatic carbocycles. The van der Waals surface area contributed by atoms with Crippen molar-refractivity contribution >= 4 is 8.07 Å². The second-order valence-electron chi connectivity index (χ2n) is 6.42. The third-order valence-electron chi connectivity index (χ3n) is 3.77. The summed E-state index contributed by atoms with van der Waals surface area (Å²) < 4.78 is 27.9. The maximum Gasteiger partial charge on any atom is 0.130 e. The molecule has 0 nitrogen and oxygen atoms in total. The maximum atomic E-state index is 14.0. The Balaban J connectivity index is 2.60. The molecule has 1 rings (SSSR count). The predicted octanol–water partition coefficient (Wildman–Crippen LogP) is 5.62. The largest absolute Gasteiger partial charge is 0.215 e. The topological polar surface area (TPSA) is 0 Å². The van der Waals surface area contributed by atoms with E-state index in [1.54, 1.807) is 0 Å². The molecule has 1 fully saturated rings. The fourth-order valence-corrected chi connectivity index (χ4v) is 3.57. The van der Waals surface area contributed by atoms with Gasteiger partial charge in [-0.15, -0.1) is 0 Å². The van der Waals surface area contributed by atoms with E-state index in [-0.39, 0.29) is 5.92 Å². The van der Waals surface area contributed by atoms with Crippen LogP contribution < -0.4 is 0 Å². The van der Waals surface area contributed by atoms with Crippen molar-refractivity contribution in [2.45, 2.75) is 65.1 Å². The fourth-order valence-electron chi connectivity index (χ4n) is 2.65. The van der Waals surface area contributed by atoms with Crippen LogP contribution in [0.2, 0.25) is 19.6 Å². The van der Waals surface area contributed by atoms with Gasteiger partial charge in [-0.25, -0.2) is 8.78 Å². The quantitative estimate of drug-likeness (QED) is 0.575. The van der Waals surface area contributed by atoms with Gasteiger partial charge in [0.1, 0.15) is 19.4 Å². The zero-order valence-corrected chi connectivity index (χ0v) is 12.7. The highest BCUT2D eigenvalue weighted by molar-refractivity contribution is 6.82. The monoisotopic (exact) mass is 260 g/mol. The van der Waals surface area contributed by atoms with Crippen molar-refractivity contribution in [3.05, 3.63) is 11.3 Å². The molecule has 0 N–H and O–H groups in total. The Morgan fingerprint density at radius 1 is 1.06 bits per heavy atom. The van der Waals surface area contributed by atoms with Crippen molar-refractivity contribution in [3.63, 3.8) is 0 Å². The minimum atomic E-state index is -2.10. The van der Waals surface area contributed by atoms with Crippen LogP contribution in [0.15, 0.2) is 11.3 Å². The maximum absolute atomic E-state index is 14.0. The Labute approximate surface area is 106 Å². The van der Waals surface area contributed by atoms with Crippen molar-refractivity contribution in [1.82, 2.24) is 0 Å². The molecule has 0 unspecified atom stereocenters. The molecule has 1 saturated carbocycles. The van der Waals surface area contributed by atoms with Gasteiger partial charge in [0, 0.05) is 5.92 Å². The molecule has 0 atom stereocenters. The normalized spacial score (nSPS) is 27.9. The van der Waals surface area contributed by atoms with Gasteiger partial charge in [0.25, 0.3) is 0 Å². The number of rotatable bonds is 4. The average molecular weight is 260 g/mol. The minimum absolute atomic E-state index is 0.130. The molecule has 17 heavy (non-hydrogen) atoms. The zero-order chi connectivity index (χ0) is 13.1. The SMILES string of the molecule is CCC[C@H]1CC[C@H](C(F)=C(F)[Si](C)(C)C)CC1. The van der Waals surface area contributed by atoms with E-state index < -0.39 is 19.4 Å². The molecule has 100 valence electrons. The van der Waals surface area contributed by atoms with Gasteiger partial charge in [-0.05, 0) is 31.6 Å². The molecule has 1 aliphatic carbocycles. The summed E-state index contributed by atoms with van der Waals surface area (Å²) in [7, 11) is -2.10. The van der Waals surface area contributed by atoms with Crippen LogP contribution >= 0.6 is 0 Å². The summed E-state index contributed by atoms with van der Waals surface area (Å²) in [4.78, 5) is 0. The molecule has 0 aromatic heterocycles. The van der Waals surface area contributed by atoms with Crippen molar-refractivity contribution in [1.29, 1.82) is 0 Å². The molecule has 0 heterocycles. The van der Waals surface area contributed by atoms with Crippen molar-refractivity contribution in [2.24, 2.45) is 11.8 Å². The van der Waals surface area contributed by atoms with Crippen molar-refractivity contribution in [3.8, 4) is 0 Å². The third kappa shape index (κ3) is 4.20. The lowest BCUT2D eigenvalue weighted by molar-refractivity contribution is 0.258. The van der Waals surface area contributed by atoms with Gasteiger partial charge in [0.05, 0.1) is 0 Å². The smallest absolute Gasteiger partial charge is 0.130 e. The van der Waals surface area contributed by atoms with Crippen LogP contribution in [0, 0.1) is 11.8 Å². The van der Waals surface area contributed by atoms with E-state index in [4.69, 9.17) is 0 Å². The van der Waals surface area contributed by atoms with Crippen LogP contribution in [-0.2, 0) is 0 Å². The lowest BCUT2D eigenvalue weighted by atomic mass is 9.80. The first-order valence-electron chi connectivity index (χ1n) is 6.91. The molecular weight excluding hydrogens is 234 g/mol. The van der Waals surface area contributed by atoms with E-state index in [1.807, 2.05) is 19.6 Å². The summed E-state index contributed by atoms with van der Waals surface area (Å²) >= 11 is 0. The highest BCUT2D eigenvalue weighted by atomic mass is 28.3. The van der Waals surface area contributed by atoms with Crippen LogP contribution in [-0.4, -0.2) is 8.07 Å². The van der Waals surface area contributed by atoms with Crippen LogP contribution in [0.4, 0.5) is 8.78 Å². The lowest BCUT2D eigenvalue weighted by Gasteiger charge is -2.28. The fraction of sp³-hybridized carbons (Fsp3) is 0.857. The first-order valence-corrected chi connectivity index (χ1v) is 10.4. The van der Waals surface area contributed by atoms with Crippen LogP contribution in [0.1, 0.15) is 45.4 Å². The highest BCUT2D eigenvalue weighted by Gasteiger charge is 2.31. The highest BCUT2D eigenvalue weighted by Crippen LogP contribution is 2.38. The Kier molecular flexibility index (Phi) is 5.36. The van der Waals surface area contributed by atoms with E-state index in [0.717, 1.165) is 31.6 Å². The van der Waals surface area contributed by atoms with E-state index in [0.29, 0.717) is 0 Å². The minimum Gasteiger partial charge on any atom is -0.215 e. The molecule has 0 amide bonds. The van der Waals surface area contributed by atoms with Crippen molar-refractivity contribution in [2.75, 3.05) is 0 Å².